The highest BCUT2D eigenvalue weighted by Crippen LogP contribution is 2.29. The number of hydrogen-bond donors (Lipinski definition) is 1. The lowest BCUT2D eigenvalue weighted by Crippen LogP contribution is -2.20. The fourth-order valence-electron chi connectivity index (χ4n) is 2.22. The van der Waals surface area contributed by atoms with Gasteiger partial charge in [-0.1, -0.05) is 0 Å². The topological polar surface area (TPSA) is 29.9 Å². The van der Waals surface area contributed by atoms with E-state index in [-0.39, 0.29) is 0 Å². The molecule has 1 N–H and O–H groups in total. The summed E-state index contributed by atoms with van der Waals surface area (Å²) in [5.74, 6) is 0.683. The molecule has 0 saturated heterocycles. The van der Waals surface area contributed by atoms with E-state index in [2.05, 4.69) is 16.6 Å². The van der Waals surface area contributed by atoms with Crippen molar-refractivity contribution in [3.05, 3.63) is 17.5 Å². The Hall–Kier alpha value is -0.830. The second-order valence-electron chi connectivity index (χ2n) is 3.85. The number of aryl methyl sites for hydroxylation is 2. The SMILES string of the molecule is CNCC1CCCc2nn(C)cc21. The van der Waals surface area contributed by atoms with E-state index in [4.69, 9.17) is 0 Å². The Labute approximate surface area is 79.1 Å². The zero-order chi connectivity index (χ0) is 9.26. The van der Waals surface area contributed by atoms with E-state index in [1.165, 1.54) is 24.1 Å². The van der Waals surface area contributed by atoms with Crippen molar-refractivity contribution in [2.24, 2.45) is 7.05 Å². The molecule has 1 atom stereocenters. The lowest BCUT2D eigenvalue weighted by atomic mass is 9.87. The molecule has 1 aliphatic rings. The number of aromatic nitrogens is 2. The minimum atomic E-state index is 0.683. The van der Waals surface area contributed by atoms with Gasteiger partial charge in [0.25, 0.3) is 0 Å². The van der Waals surface area contributed by atoms with Gasteiger partial charge in [0.2, 0.25) is 0 Å². The Morgan fingerprint density at radius 3 is 3.31 bits per heavy atom. The predicted octanol–water partition coefficient (Wildman–Crippen LogP) is 1.06. The van der Waals surface area contributed by atoms with Gasteiger partial charge in [-0.05, 0) is 37.8 Å². The Bertz CT molecular complexity index is 290. The number of fused-ring (bicyclic) bond motifs is 1. The first-order valence-corrected chi connectivity index (χ1v) is 4.98. The molecule has 0 aliphatic heterocycles. The highest BCUT2D eigenvalue weighted by atomic mass is 15.3. The maximum Gasteiger partial charge on any atom is 0.0659 e. The van der Waals surface area contributed by atoms with Gasteiger partial charge in [-0.15, -0.1) is 0 Å². The van der Waals surface area contributed by atoms with E-state index in [1.807, 2.05) is 18.8 Å². The van der Waals surface area contributed by atoms with E-state index >= 15 is 0 Å². The van der Waals surface area contributed by atoms with Gasteiger partial charge in [0.15, 0.2) is 0 Å². The molecule has 3 nitrogen and oxygen atoms in total. The molecule has 0 fully saturated rings. The van der Waals surface area contributed by atoms with Gasteiger partial charge in [-0.25, -0.2) is 0 Å². The highest BCUT2D eigenvalue weighted by Gasteiger charge is 2.21. The van der Waals surface area contributed by atoms with Crippen LogP contribution in [0.25, 0.3) is 0 Å². The van der Waals surface area contributed by atoms with Crippen molar-refractivity contribution in [1.29, 1.82) is 0 Å². The van der Waals surface area contributed by atoms with Gasteiger partial charge in [-0.3, -0.25) is 4.68 Å². The van der Waals surface area contributed by atoms with E-state index in [1.54, 1.807) is 0 Å². The van der Waals surface area contributed by atoms with Crippen LogP contribution in [-0.4, -0.2) is 23.4 Å². The number of nitrogens with one attached hydrogen (secondary N) is 1. The molecule has 2 rings (SSSR count). The van der Waals surface area contributed by atoms with Crippen LogP contribution < -0.4 is 5.32 Å². The zero-order valence-electron chi connectivity index (χ0n) is 8.38. The lowest BCUT2D eigenvalue weighted by Gasteiger charge is -2.20. The molecule has 1 unspecified atom stereocenters. The maximum absolute atomic E-state index is 4.47. The van der Waals surface area contributed by atoms with Crippen molar-refractivity contribution in [2.75, 3.05) is 13.6 Å². The molecule has 0 spiro atoms. The van der Waals surface area contributed by atoms with Crippen LogP contribution in [0.2, 0.25) is 0 Å². The standard InChI is InChI=1S/C10H17N3/c1-11-6-8-4-3-5-10-9(8)7-13(2)12-10/h7-8,11H,3-6H2,1-2H3. The van der Waals surface area contributed by atoms with Crippen molar-refractivity contribution in [2.45, 2.75) is 25.2 Å². The van der Waals surface area contributed by atoms with Crippen molar-refractivity contribution in [3.63, 3.8) is 0 Å². The summed E-state index contributed by atoms with van der Waals surface area (Å²) in [5.41, 5.74) is 2.78. The number of nitrogens with zero attached hydrogens (tertiary/aromatic N) is 2. The summed E-state index contributed by atoms with van der Waals surface area (Å²) in [4.78, 5) is 0. The molecule has 1 heterocycles. The van der Waals surface area contributed by atoms with Crippen LogP contribution in [0, 0.1) is 0 Å². The van der Waals surface area contributed by atoms with E-state index in [9.17, 15) is 0 Å². The van der Waals surface area contributed by atoms with Gasteiger partial charge in [0.05, 0.1) is 5.69 Å². The molecule has 1 aromatic heterocycles. The molecule has 0 bridgehead atoms. The predicted molar refractivity (Wildman–Crippen MR) is 52.8 cm³/mol. The molecule has 72 valence electrons. The van der Waals surface area contributed by atoms with E-state index < -0.39 is 0 Å². The molecule has 0 radical (unpaired) electrons. The monoisotopic (exact) mass is 179 g/mol. The summed E-state index contributed by atoms with van der Waals surface area (Å²) in [5, 5.41) is 7.72. The van der Waals surface area contributed by atoms with Gasteiger partial charge in [0.1, 0.15) is 0 Å². The normalized spacial score (nSPS) is 21.5. The van der Waals surface area contributed by atoms with Crippen LogP contribution in [0.1, 0.15) is 30.0 Å². The van der Waals surface area contributed by atoms with Gasteiger partial charge < -0.3 is 5.32 Å². The average molecular weight is 179 g/mol. The van der Waals surface area contributed by atoms with E-state index in [0.29, 0.717) is 5.92 Å². The molecule has 13 heavy (non-hydrogen) atoms. The van der Waals surface area contributed by atoms with Crippen molar-refractivity contribution < 1.29 is 0 Å². The summed E-state index contributed by atoms with van der Waals surface area (Å²) in [7, 11) is 4.03. The van der Waals surface area contributed by atoms with Crippen molar-refractivity contribution >= 4 is 0 Å². The lowest BCUT2D eigenvalue weighted by molar-refractivity contribution is 0.526. The summed E-state index contributed by atoms with van der Waals surface area (Å²) >= 11 is 0. The summed E-state index contributed by atoms with van der Waals surface area (Å²) < 4.78 is 1.94. The first-order chi connectivity index (χ1) is 6.31. The molecular weight excluding hydrogens is 162 g/mol. The van der Waals surface area contributed by atoms with Crippen LogP contribution in [0.4, 0.5) is 0 Å². The minimum Gasteiger partial charge on any atom is -0.319 e. The Morgan fingerprint density at radius 2 is 2.54 bits per heavy atom. The van der Waals surface area contributed by atoms with Crippen molar-refractivity contribution in [1.82, 2.24) is 15.1 Å². The van der Waals surface area contributed by atoms with Crippen LogP contribution >= 0.6 is 0 Å². The molecule has 1 aromatic rings. The maximum atomic E-state index is 4.47. The Kier molecular flexibility index (Phi) is 2.36. The van der Waals surface area contributed by atoms with Crippen molar-refractivity contribution in [3.8, 4) is 0 Å². The van der Waals surface area contributed by atoms with Crippen LogP contribution in [-0.2, 0) is 13.5 Å². The first-order valence-electron chi connectivity index (χ1n) is 4.98. The van der Waals surface area contributed by atoms with Gasteiger partial charge in [-0.2, -0.15) is 5.10 Å². The second kappa shape index (κ2) is 3.50. The molecule has 0 amide bonds. The summed E-state index contributed by atoms with van der Waals surface area (Å²) in [6, 6.07) is 0. The molecule has 0 saturated carbocycles. The van der Waals surface area contributed by atoms with Crippen LogP contribution in [0.3, 0.4) is 0 Å². The minimum absolute atomic E-state index is 0.683. The summed E-state index contributed by atoms with van der Waals surface area (Å²) in [6.45, 7) is 1.08. The fourth-order valence-corrected chi connectivity index (χ4v) is 2.22. The number of likely N-dealkylation sites (N-methyl/N-ethyl adjacent to an activating group) is 1. The van der Waals surface area contributed by atoms with Gasteiger partial charge in [0, 0.05) is 19.8 Å². The molecule has 0 aromatic carbocycles. The largest absolute Gasteiger partial charge is 0.319 e. The molecular formula is C10H17N3. The molecule has 3 heteroatoms. The van der Waals surface area contributed by atoms with E-state index in [0.717, 1.165) is 13.0 Å². The molecule has 1 aliphatic carbocycles. The smallest absolute Gasteiger partial charge is 0.0659 e. The Balaban J connectivity index is 2.25. The fraction of sp³-hybridized carbons (Fsp3) is 0.700. The number of hydrogen-bond acceptors (Lipinski definition) is 2. The van der Waals surface area contributed by atoms with Crippen LogP contribution in [0.5, 0.6) is 0 Å². The Morgan fingerprint density at radius 1 is 1.69 bits per heavy atom. The highest BCUT2D eigenvalue weighted by molar-refractivity contribution is 5.25. The second-order valence-corrected chi connectivity index (χ2v) is 3.85. The first kappa shape index (κ1) is 8.75. The third-order valence-electron chi connectivity index (χ3n) is 2.79. The zero-order valence-corrected chi connectivity index (χ0v) is 8.38. The van der Waals surface area contributed by atoms with Gasteiger partial charge >= 0.3 is 0 Å². The van der Waals surface area contributed by atoms with Crippen LogP contribution in [0.15, 0.2) is 6.20 Å². The average Bonchev–Trinajstić information content (AvgIpc) is 2.47. The third kappa shape index (κ3) is 1.61. The summed E-state index contributed by atoms with van der Waals surface area (Å²) in [6.07, 6.45) is 5.93. The quantitative estimate of drug-likeness (QED) is 0.735. The third-order valence-corrected chi connectivity index (χ3v) is 2.79. The number of rotatable bonds is 2.